The summed E-state index contributed by atoms with van der Waals surface area (Å²) >= 11 is 0. The number of ketones is 1. The number of carbonyl (C=O) groups is 1. The molecule has 9 unspecified atom stereocenters. The fourth-order valence-corrected chi connectivity index (χ4v) is 20.1. The zero-order chi connectivity index (χ0) is 46.1. The van der Waals surface area contributed by atoms with Gasteiger partial charge in [0.1, 0.15) is 5.78 Å². The number of epoxide rings is 1. The summed E-state index contributed by atoms with van der Waals surface area (Å²) < 4.78 is 29.8. The Labute approximate surface area is 401 Å². The standard InChI is InChI=1S/2C27H48O3P2/c1-16(6-9-23-25(2,3)28-23)19-7-8-20-24-21(11-13-27(19,20)5)26(4)12-10-18(29-31)14-17(26)15-22(24)30-32;1-16(2)23(28)9-6-17(3)20-7-8-21-25-22(11-13-27(20,21)5)26(4)12-10-19(29-31)14-18(26)15-24(25)30-32/h16-24H,6-15,31-32H2,1-5H3;16-22,24-25H,6-15,31-32H2,1-5H3/t16-,17+,18?,19-,20+,21+,22?,23?,24+,26+,27-;17-,18+,19?,20-,21+,22+,24?,25+,26+,27-/m11/s1. The van der Waals surface area contributed by atoms with Crippen molar-refractivity contribution in [1.82, 2.24) is 0 Å². The molecule has 0 aromatic heterocycles. The summed E-state index contributed by atoms with van der Waals surface area (Å²) in [6, 6.07) is 0. The van der Waals surface area contributed by atoms with Gasteiger partial charge in [-0.1, -0.05) is 55.4 Å². The van der Waals surface area contributed by atoms with Gasteiger partial charge in [0, 0.05) is 50.2 Å². The molecule has 0 amide bonds. The van der Waals surface area contributed by atoms with E-state index in [0.29, 0.717) is 69.8 Å². The zero-order valence-corrected chi connectivity index (χ0v) is 46.9. The maximum Gasteiger partial charge on any atom is 0.135 e. The van der Waals surface area contributed by atoms with Crippen molar-refractivity contribution < 1.29 is 27.6 Å². The number of fused-ring (bicyclic) bond motifs is 10. The molecule has 25 atom stereocenters. The molecule has 9 rings (SSSR count). The molecule has 8 aliphatic carbocycles. The molecule has 6 nitrogen and oxygen atoms in total. The second-order valence-corrected chi connectivity index (χ2v) is 27.3. The molecule has 0 bridgehead atoms. The average molecular weight is 965 g/mol. The summed E-state index contributed by atoms with van der Waals surface area (Å²) in [7, 11) is 10.3. The van der Waals surface area contributed by atoms with E-state index in [2.05, 4.69) is 93.3 Å². The van der Waals surface area contributed by atoms with Crippen LogP contribution in [0.25, 0.3) is 0 Å². The van der Waals surface area contributed by atoms with E-state index in [0.717, 1.165) is 72.0 Å². The quantitative estimate of drug-likeness (QED) is 0.135. The van der Waals surface area contributed by atoms with Crippen molar-refractivity contribution in [2.24, 2.45) is 98.6 Å². The van der Waals surface area contributed by atoms with Crippen LogP contribution in [0.2, 0.25) is 0 Å². The third-order valence-corrected chi connectivity index (χ3v) is 24.5. The van der Waals surface area contributed by atoms with Crippen LogP contribution in [0, 0.1) is 98.6 Å². The van der Waals surface area contributed by atoms with Gasteiger partial charge < -0.3 is 22.8 Å². The summed E-state index contributed by atoms with van der Waals surface area (Å²) in [5, 5.41) is 0. The molecule has 9 aliphatic rings. The van der Waals surface area contributed by atoms with Crippen molar-refractivity contribution in [3.05, 3.63) is 0 Å². The molecule has 64 heavy (non-hydrogen) atoms. The van der Waals surface area contributed by atoms with E-state index in [4.69, 9.17) is 22.8 Å². The Morgan fingerprint density at radius 1 is 0.547 bits per heavy atom. The highest BCUT2D eigenvalue weighted by atomic mass is 31.0. The van der Waals surface area contributed by atoms with Gasteiger partial charge in [0.15, 0.2) is 0 Å². The van der Waals surface area contributed by atoms with Gasteiger partial charge in [-0.25, -0.2) is 0 Å². The van der Waals surface area contributed by atoms with Gasteiger partial charge in [0.2, 0.25) is 0 Å². The molecular weight excluding hydrogens is 868 g/mol. The predicted molar refractivity (Wildman–Crippen MR) is 275 cm³/mol. The lowest BCUT2D eigenvalue weighted by Crippen LogP contribution is -2.58. The van der Waals surface area contributed by atoms with Crippen LogP contribution in [-0.4, -0.2) is 41.9 Å². The summed E-state index contributed by atoms with van der Waals surface area (Å²) in [4.78, 5) is 12.3. The van der Waals surface area contributed by atoms with Crippen LogP contribution in [0.15, 0.2) is 0 Å². The molecule has 0 spiro atoms. The van der Waals surface area contributed by atoms with E-state index >= 15 is 0 Å². The molecule has 8 saturated carbocycles. The second kappa shape index (κ2) is 20.0. The molecule has 0 aromatic carbocycles. The number of hydrogen-bond acceptors (Lipinski definition) is 6. The Morgan fingerprint density at radius 3 is 1.34 bits per heavy atom. The van der Waals surface area contributed by atoms with E-state index < -0.39 is 0 Å². The van der Waals surface area contributed by atoms with Crippen molar-refractivity contribution in [3.63, 3.8) is 0 Å². The molecule has 1 aliphatic heterocycles. The highest BCUT2D eigenvalue weighted by molar-refractivity contribution is 7.10. The Hall–Kier alpha value is 1.19. The highest BCUT2D eigenvalue weighted by Crippen LogP contribution is 2.71. The monoisotopic (exact) mass is 965 g/mol. The van der Waals surface area contributed by atoms with E-state index in [1.54, 1.807) is 0 Å². The SMILES string of the molecule is CC(C)C(=O)CC[C@@H](C)[C@H]1CC[C@H]2[C@@H]3C(OP)C[C@@H]4CC(OP)CC[C@]4(C)[C@H]3CC[C@]12C.C[C@H](CCC1OC1(C)C)[C@H]1CC[C@H]2[C@@H]3C(OP)C[C@@H]4CC(OP)CC[C@]4(C)[C@H]3CC[C@]12C. The lowest BCUT2D eigenvalue weighted by atomic mass is 9.43. The Bertz CT molecular complexity index is 1610. The first-order valence-corrected chi connectivity index (χ1v) is 28.8. The minimum atomic E-state index is 0.137. The van der Waals surface area contributed by atoms with Crippen molar-refractivity contribution in [3.8, 4) is 0 Å². The molecular formula is C54H96O6P4. The van der Waals surface area contributed by atoms with Crippen molar-refractivity contribution in [2.75, 3.05) is 0 Å². The van der Waals surface area contributed by atoms with Gasteiger partial charge >= 0.3 is 0 Å². The lowest BCUT2D eigenvalue weighted by molar-refractivity contribution is -0.163. The maximum absolute atomic E-state index is 12.3. The molecule has 0 radical (unpaired) electrons. The smallest absolute Gasteiger partial charge is 0.135 e. The van der Waals surface area contributed by atoms with Crippen LogP contribution >= 0.6 is 37.9 Å². The minimum Gasteiger partial charge on any atom is -0.367 e. The van der Waals surface area contributed by atoms with Crippen LogP contribution in [0.5, 0.6) is 0 Å². The lowest BCUT2D eigenvalue weighted by Gasteiger charge is -2.63. The van der Waals surface area contributed by atoms with Crippen LogP contribution in [0.4, 0.5) is 0 Å². The number of hydrogen-bond donors (Lipinski definition) is 0. The Kier molecular flexibility index (Phi) is 16.1. The maximum atomic E-state index is 12.3. The van der Waals surface area contributed by atoms with Gasteiger partial charge in [0.25, 0.3) is 0 Å². The number of rotatable bonds is 13. The van der Waals surface area contributed by atoms with Crippen LogP contribution in [0.1, 0.15) is 198 Å². The number of Topliss-reactive ketones (excluding diaryl/α,β-unsaturated/α-hetero) is 1. The van der Waals surface area contributed by atoms with Gasteiger partial charge in [-0.15, -0.1) is 0 Å². The second-order valence-electron chi connectivity index (χ2n) is 26.2. The molecule has 1 saturated heterocycles. The molecule has 9 fully saturated rings. The molecule has 368 valence electrons. The fraction of sp³-hybridized carbons (Fsp3) is 0.981. The highest BCUT2D eigenvalue weighted by Gasteiger charge is 2.65. The summed E-state index contributed by atoms with van der Waals surface area (Å²) in [6.45, 7) is 24.1. The Balaban J connectivity index is 0.000000175. The van der Waals surface area contributed by atoms with Crippen LogP contribution in [0.3, 0.4) is 0 Å². The first-order valence-electron chi connectivity index (χ1n) is 26.9. The molecule has 1 heterocycles. The van der Waals surface area contributed by atoms with Crippen molar-refractivity contribution in [1.29, 1.82) is 0 Å². The summed E-state index contributed by atoms with van der Waals surface area (Å²) in [6.07, 6.45) is 27.5. The third-order valence-electron chi connectivity index (χ3n) is 23.0. The van der Waals surface area contributed by atoms with Gasteiger partial charge in [-0.2, -0.15) is 0 Å². The summed E-state index contributed by atoms with van der Waals surface area (Å²) in [5.74, 6) is 9.79. The minimum absolute atomic E-state index is 0.137. The normalized spacial score (nSPS) is 49.8. The molecule has 0 N–H and O–H groups in total. The first kappa shape index (κ1) is 51.5. The van der Waals surface area contributed by atoms with E-state index in [1.807, 2.05) is 13.8 Å². The van der Waals surface area contributed by atoms with E-state index in [1.165, 1.54) is 116 Å². The van der Waals surface area contributed by atoms with Crippen LogP contribution < -0.4 is 0 Å². The van der Waals surface area contributed by atoms with Crippen molar-refractivity contribution in [2.45, 2.75) is 234 Å². The average Bonchev–Trinajstić information content (AvgIpc) is 3.52. The topological polar surface area (TPSA) is 66.5 Å². The third kappa shape index (κ3) is 9.29. The Morgan fingerprint density at radius 2 is 0.953 bits per heavy atom. The van der Waals surface area contributed by atoms with Gasteiger partial charge in [0.05, 0.1) is 36.1 Å². The molecule has 0 aromatic rings. The number of ether oxygens (including phenoxy) is 1. The van der Waals surface area contributed by atoms with Gasteiger partial charge in [-0.3, -0.25) is 4.79 Å². The largest absolute Gasteiger partial charge is 0.367 e. The molecule has 10 heteroatoms. The summed E-state index contributed by atoms with van der Waals surface area (Å²) in [5.41, 5.74) is 1.96. The van der Waals surface area contributed by atoms with Crippen LogP contribution in [-0.2, 0) is 27.6 Å². The van der Waals surface area contributed by atoms with E-state index in [-0.39, 0.29) is 11.5 Å². The predicted octanol–water partition coefficient (Wildman–Crippen LogP) is 14.4. The number of carbonyl (C=O) groups excluding carboxylic acids is 1. The van der Waals surface area contributed by atoms with Crippen molar-refractivity contribution >= 4 is 43.7 Å². The zero-order valence-electron chi connectivity index (χ0n) is 42.3. The van der Waals surface area contributed by atoms with E-state index in [9.17, 15) is 4.79 Å². The van der Waals surface area contributed by atoms with Gasteiger partial charge in [-0.05, 0) is 229 Å². The first-order chi connectivity index (χ1) is 30.3. The fourth-order valence-electron chi connectivity index (χ4n) is 19.0.